The number of nitrogens with one attached hydrogen (secondary N) is 1. The van der Waals surface area contributed by atoms with Crippen LogP contribution in [0.5, 0.6) is 0 Å². The number of nitrogens with zero attached hydrogens (tertiary/aromatic N) is 1. The van der Waals surface area contributed by atoms with Crippen molar-refractivity contribution in [3.63, 3.8) is 0 Å². The lowest BCUT2D eigenvalue weighted by molar-refractivity contribution is 0.305. The highest BCUT2D eigenvalue weighted by Crippen LogP contribution is 2.11. The van der Waals surface area contributed by atoms with Gasteiger partial charge in [0.15, 0.2) is 0 Å². The van der Waals surface area contributed by atoms with Crippen LogP contribution in [-0.2, 0) is 10.2 Å². The summed E-state index contributed by atoms with van der Waals surface area (Å²) in [5, 5.41) is 0. The summed E-state index contributed by atoms with van der Waals surface area (Å²) in [6.45, 7) is 7.13. The molecule has 16 heavy (non-hydrogen) atoms. The number of hydrogen-bond donors (Lipinski definition) is 2. The van der Waals surface area contributed by atoms with Gasteiger partial charge in [-0.1, -0.05) is 20.8 Å². The Labute approximate surface area is 99.6 Å². The van der Waals surface area contributed by atoms with Gasteiger partial charge < -0.3 is 5.73 Å². The third-order valence-corrected chi connectivity index (χ3v) is 4.21. The van der Waals surface area contributed by atoms with Crippen LogP contribution >= 0.6 is 0 Å². The Bertz CT molecular complexity index is 263. The van der Waals surface area contributed by atoms with Crippen molar-refractivity contribution in [3.05, 3.63) is 0 Å². The van der Waals surface area contributed by atoms with E-state index < -0.39 is 10.2 Å². The van der Waals surface area contributed by atoms with Crippen molar-refractivity contribution >= 4 is 10.2 Å². The van der Waals surface area contributed by atoms with Gasteiger partial charge in [-0.3, -0.25) is 0 Å². The van der Waals surface area contributed by atoms with Gasteiger partial charge >= 0.3 is 0 Å². The SMILES string of the molecule is CCCNS(=O)(=O)N(CCN)C(CC)CC. The summed E-state index contributed by atoms with van der Waals surface area (Å²) in [4.78, 5) is 0. The Hall–Kier alpha value is -0.170. The third kappa shape index (κ3) is 4.78. The molecule has 0 fully saturated rings. The number of hydrogen-bond acceptors (Lipinski definition) is 3. The fourth-order valence-electron chi connectivity index (χ4n) is 1.64. The summed E-state index contributed by atoms with van der Waals surface area (Å²) >= 11 is 0. The van der Waals surface area contributed by atoms with E-state index in [4.69, 9.17) is 5.73 Å². The van der Waals surface area contributed by atoms with Crippen molar-refractivity contribution in [3.8, 4) is 0 Å². The molecular weight excluding hydrogens is 226 g/mol. The normalized spacial score (nSPS) is 12.6. The molecule has 98 valence electrons. The lowest BCUT2D eigenvalue weighted by Crippen LogP contribution is -2.48. The monoisotopic (exact) mass is 251 g/mol. The van der Waals surface area contributed by atoms with Gasteiger partial charge in [-0.05, 0) is 19.3 Å². The van der Waals surface area contributed by atoms with Gasteiger partial charge in [0, 0.05) is 25.7 Å². The highest BCUT2D eigenvalue weighted by Gasteiger charge is 2.26. The van der Waals surface area contributed by atoms with Gasteiger partial charge in [0.05, 0.1) is 0 Å². The first-order valence-corrected chi connectivity index (χ1v) is 7.43. The largest absolute Gasteiger partial charge is 0.329 e. The summed E-state index contributed by atoms with van der Waals surface area (Å²) in [6, 6.07) is 0.0397. The smallest absolute Gasteiger partial charge is 0.279 e. The molecule has 0 aliphatic rings. The molecule has 0 aliphatic carbocycles. The van der Waals surface area contributed by atoms with Crippen LogP contribution in [0.3, 0.4) is 0 Å². The molecule has 0 aromatic rings. The molecule has 0 bridgehead atoms. The van der Waals surface area contributed by atoms with Crippen molar-refractivity contribution in [1.29, 1.82) is 0 Å². The van der Waals surface area contributed by atoms with E-state index >= 15 is 0 Å². The lowest BCUT2D eigenvalue weighted by atomic mass is 10.2. The molecule has 0 rings (SSSR count). The Morgan fingerprint density at radius 2 is 1.81 bits per heavy atom. The zero-order valence-electron chi connectivity index (χ0n) is 10.6. The standard InChI is InChI=1S/C10H25N3O2S/c1-4-8-12-16(14,15)13(9-7-11)10(5-2)6-3/h10,12H,4-9,11H2,1-3H3. The van der Waals surface area contributed by atoms with Crippen LogP contribution in [0.25, 0.3) is 0 Å². The van der Waals surface area contributed by atoms with Gasteiger partial charge in [-0.25, -0.2) is 4.72 Å². The van der Waals surface area contributed by atoms with Gasteiger partial charge in [-0.2, -0.15) is 12.7 Å². The van der Waals surface area contributed by atoms with E-state index in [1.54, 1.807) is 0 Å². The second kappa shape index (κ2) is 8.00. The Morgan fingerprint density at radius 1 is 1.25 bits per heavy atom. The molecule has 0 saturated heterocycles. The van der Waals surface area contributed by atoms with E-state index in [1.165, 1.54) is 4.31 Å². The van der Waals surface area contributed by atoms with Crippen molar-refractivity contribution in [2.24, 2.45) is 5.73 Å². The molecule has 3 N–H and O–H groups in total. The first kappa shape index (κ1) is 15.8. The molecule has 0 aliphatic heterocycles. The summed E-state index contributed by atoms with van der Waals surface area (Å²) < 4.78 is 28.1. The van der Waals surface area contributed by atoms with Crippen LogP contribution in [0.2, 0.25) is 0 Å². The summed E-state index contributed by atoms with van der Waals surface area (Å²) in [7, 11) is -3.37. The average Bonchev–Trinajstić information content (AvgIpc) is 2.27. The predicted molar refractivity (Wildman–Crippen MR) is 67.3 cm³/mol. The minimum Gasteiger partial charge on any atom is -0.329 e. The molecule has 0 amide bonds. The summed E-state index contributed by atoms with van der Waals surface area (Å²) in [6.07, 6.45) is 2.41. The number of rotatable bonds is 9. The molecule has 0 atom stereocenters. The van der Waals surface area contributed by atoms with Crippen molar-refractivity contribution in [1.82, 2.24) is 9.03 Å². The van der Waals surface area contributed by atoms with Crippen LogP contribution in [0.15, 0.2) is 0 Å². The maximum atomic E-state index is 12.0. The third-order valence-electron chi connectivity index (χ3n) is 2.54. The minimum absolute atomic E-state index is 0.0397. The average molecular weight is 251 g/mol. The van der Waals surface area contributed by atoms with E-state index in [1.807, 2.05) is 20.8 Å². The highest BCUT2D eigenvalue weighted by atomic mass is 32.2. The second-order valence-corrected chi connectivity index (χ2v) is 5.48. The molecule has 6 heteroatoms. The lowest BCUT2D eigenvalue weighted by Gasteiger charge is -2.29. The van der Waals surface area contributed by atoms with E-state index in [-0.39, 0.29) is 6.04 Å². The van der Waals surface area contributed by atoms with Crippen LogP contribution in [0.1, 0.15) is 40.0 Å². The fraction of sp³-hybridized carbons (Fsp3) is 1.00. The van der Waals surface area contributed by atoms with Crippen LogP contribution in [0.4, 0.5) is 0 Å². The van der Waals surface area contributed by atoms with E-state index in [0.717, 1.165) is 19.3 Å². The van der Waals surface area contributed by atoms with E-state index in [9.17, 15) is 8.42 Å². The zero-order chi connectivity index (χ0) is 12.6. The van der Waals surface area contributed by atoms with Crippen LogP contribution < -0.4 is 10.5 Å². The highest BCUT2D eigenvalue weighted by molar-refractivity contribution is 7.87. The Balaban J connectivity index is 4.73. The summed E-state index contributed by atoms with van der Waals surface area (Å²) in [5.41, 5.74) is 5.47. The fourth-order valence-corrected chi connectivity index (χ4v) is 3.30. The quantitative estimate of drug-likeness (QED) is 0.633. The molecule has 0 spiro atoms. The van der Waals surface area contributed by atoms with Crippen LogP contribution in [0, 0.1) is 0 Å². The topological polar surface area (TPSA) is 75.4 Å². The first-order valence-electron chi connectivity index (χ1n) is 5.99. The van der Waals surface area contributed by atoms with Gasteiger partial charge in [0.2, 0.25) is 0 Å². The zero-order valence-corrected chi connectivity index (χ0v) is 11.4. The molecule has 0 saturated carbocycles. The van der Waals surface area contributed by atoms with E-state index in [0.29, 0.717) is 19.6 Å². The Kier molecular flexibility index (Phi) is 7.91. The predicted octanol–water partition coefficient (Wildman–Crippen LogP) is 0.680. The van der Waals surface area contributed by atoms with Crippen LogP contribution in [-0.4, -0.2) is 38.4 Å². The molecular formula is C10H25N3O2S. The molecule has 0 aromatic carbocycles. The van der Waals surface area contributed by atoms with Gasteiger partial charge in [-0.15, -0.1) is 0 Å². The molecule has 0 heterocycles. The molecule has 0 aromatic heterocycles. The molecule has 5 nitrogen and oxygen atoms in total. The maximum absolute atomic E-state index is 12.0. The minimum atomic E-state index is -3.37. The number of nitrogens with two attached hydrogens (primary N) is 1. The maximum Gasteiger partial charge on any atom is 0.279 e. The first-order chi connectivity index (χ1) is 7.53. The Morgan fingerprint density at radius 3 is 2.19 bits per heavy atom. The second-order valence-electron chi connectivity index (χ2n) is 3.77. The van der Waals surface area contributed by atoms with Crippen molar-refractivity contribution in [2.45, 2.75) is 46.1 Å². The molecule has 0 unspecified atom stereocenters. The van der Waals surface area contributed by atoms with E-state index in [2.05, 4.69) is 4.72 Å². The summed E-state index contributed by atoms with van der Waals surface area (Å²) in [5.74, 6) is 0. The van der Waals surface area contributed by atoms with Gasteiger partial charge in [0.1, 0.15) is 0 Å². The van der Waals surface area contributed by atoms with Gasteiger partial charge in [0.25, 0.3) is 10.2 Å². The molecule has 0 radical (unpaired) electrons. The van der Waals surface area contributed by atoms with Crippen molar-refractivity contribution < 1.29 is 8.42 Å². The van der Waals surface area contributed by atoms with Crippen molar-refractivity contribution in [2.75, 3.05) is 19.6 Å².